The third-order valence-electron chi connectivity index (χ3n) is 3.65. The lowest BCUT2D eigenvalue weighted by Gasteiger charge is -2.23. The lowest BCUT2D eigenvalue weighted by atomic mass is 9.86. The van der Waals surface area contributed by atoms with Crippen molar-refractivity contribution >= 4 is 10.8 Å². The summed E-state index contributed by atoms with van der Waals surface area (Å²) in [7, 11) is -1.24. The van der Waals surface area contributed by atoms with Gasteiger partial charge in [0.2, 0.25) is 0 Å². The van der Waals surface area contributed by atoms with Gasteiger partial charge in [-0.3, -0.25) is 4.21 Å². The number of nitriles is 1. The van der Waals surface area contributed by atoms with Crippen LogP contribution >= 0.6 is 0 Å². The zero-order chi connectivity index (χ0) is 17.9. The molecule has 126 valence electrons. The Bertz CT molecular complexity index is 798. The van der Waals surface area contributed by atoms with Crippen molar-refractivity contribution in [2.24, 2.45) is 0 Å². The predicted octanol–water partition coefficient (Wildman–Crippen LogP) is 5.16. The predicted molar refractivity (Wildman–Crippen MR) is 97.9 cm³/mol. The number of ether oxygens (including phenoxy) is 1. The number of hydrogen-bond acceptors (Lipinski definition) is 3. The highest BCUT2D eigenvalue weighted by molar-refractivity contribution is 7.85. The number of rotatable bonds is 4. The van der Waals surface area contributed by atoms with Crippen LogP contribution in [0.15, 0.2) is 47.4 Å². The first-order valence-electron chi connectivity index (χ1n) is 7.96. The van der Waals surface area contributed by atoms with Gasteiger partial charge in [-0.1, -0.05) is 58.9 Å². The van der Waals surface area contributed by atoms with Gasteiger partial charge in [0.25, 0.3) is 0 Å². The Hall–Kier alpha value is -2.12. The molecule has 2 aromatic carbocycles. The molecule has 2 aromatic rings. The Labute approximate surface area is 146 Å². The molecule has 2 rings (SSSR count). The number of hydrogen-bond donors (Lipinski definition) is 0. The summed E-state index contributed by atoms with van der Waals surface area (Å²) in [4.78, 5) is 0.563. The lowest BCUT2D eigenvalue weighted by molar-refractivity contribution is 0.444. The summed E-state index contributed by atoms with van der Waals surface area (Å²) in [5, 5.41) is 9.39. The standard InChI is InChI=1S/C20H23NO2S/c1-14(2)24(22)18-12-8-9-15(13-21)19(18)23-17-11-7-6-10-16(17)20(3,4)5/h6-12,14H,1-5H3. The third kappa shape index (κ3) is 3.85. The molecular formula is C20H23NO2S. The minimum Gasteiger partial charge on any atom is -0.454 e. The second kappa shape index (κ2) is 7.19. The number of para-hydroxylation sites is 2. The SMILES string of the molecule is CC(C)S(=O)c1cccc(C#N)c1Oc1ccccc1C(C)(C)C. The maximum absolute atomic E-state index is 12.6. The van der Waals surface area contributed by atoms with Crippen molar-refractivity contribution < 1.29 is 8.95 Å². The summed E-state index contributed by atoms with van der Waals surface area (Å²) in [6.45, 7) is 10.1. The molecule has 0 bridgehead atoms. The van der Waals surface area contributed by atoms with E-state index >= 15 is 0 Å². The first kappa shape index (κ1) is 18.2. The molecule has 1 atom stereocenters. The van der Waals surface area contributed by atoms with Crippen LogP contribution in [0.2, 0.25) is 0 Å². The minimum absolute atomic E-state index is 0.0563. The Kier molecular flexibility index (Phi) is 5.46. The molecule has 0 saturated heterocycles. The van der Waals surface area contributed by atoms with Crippen molar-refractivity contribution in [3.8, 4) is 17.6 Å². The lowest BCUT2D eigenvalue weighted by Crippen LogP contribution is -2.13. The summed E-state index contributed by atoms with van der Waals surface area (Å²) < 4.78 is 18.8. The van der Waals surface area contributed by atoms with Crippen LogP contribution in [-0.4, -0.2) is 9.46 Å². The molecule has 4 heteroatoms. The first-order valence-corrected chi connectivity index (χ1v) is 9.18. The van der Waals surface area contributed by atoms with E-state index in [9.17, 15) is 9.47 Å². The van der Waals surface area contributed by atoms with Gasteiger partial charge in [-0.15, -0.1) is 0 Å². The largest absolute Gasteiger partial charge is 0.454 e. The van der Waals surface area contributed by atoms with Crippen LogP contribution in [0.4, 0.5) is 0 Å². The molecule has 0 aliphatic carbocycles. The first-order chi connectivity index (χ1) is 11.3. The van der Waals surface area contributed by atoms with Crippen LogP contribution in [0, 0.1) is 11.3 Å². The Morgan fingerprint density at radius 3 is 2.33 bits per heavy atom. The van der Waals surface area contributed by atoms with E-state index < -0.39 is 10.8 Å². The smallest absolute Gasteiger partial charge is 0.161 e. The van der Waals surface area contributed by atoms with E-state index in [1.165, 1.54) is 0 Å². The van der Waals surface area contributed by atoms with Crippen LogP contribution in [0.25, 0.3) is 0 Å². The van der Waals surface area contributed by atoms with Crippen molar-refractivity contribution in [3.63, 3.8) is 0 Å². The highest BCUT2D eigenvalue weighted by Crippen LogP contribution is 2.37. The average Bonchev–Trinajstić information content (AvgIpc) is 2.53. The van der Waals surface area contributed by atoms with E-state index in [0.29, 0.717) is 22.0 Å². The zero-order valence-corrected chi connectivity index (χ0v) is 15.6. The summed E-state index contributed by atoms with van der Waals surface area (Å²) in [6, 6.07) is 15.1. The summed E-state index contributed by atoms with van der Waals surface area (Å²) in [5.41, 5.74) is 1.33. The molecule has 0 fully saturated rings. The zero-order valence-electron chi connectivity index (χ0n) is 14.8. The van der Waals surface area contributed by atoms with Gasteiger partial charge in [-0.25, -0.2) is 0 Å². The van der Waals surface area contributed by atoms with Gasteiger partial charge in [0, 0.05) is 10.8 Å². The van der Waals surface area contributed by atoms with Gasteiger partial charge in [-0.05, 0) is 23.6 Å². The summed E-state index contributed by atoms with van der Waals surface area (Å²) >= 11 is 0. The molecule has 1 unspecified atom stereocenters. The van der Waals surface area contributed by atoms with Gasteiger partial charge in [0.15, 0.2) is 5.75 Å². The van der Waals surface area contributed by atoms with Gasteiger partial charge >= 0.3 is 0 Å². The van der Waals surface area contributed by atoms with Gasteiger partial charge in [-0.2, -0.15) is 5.26 Å². The summed E-state index contributed by atoms with van der Waals surface area (Å²) in [5.74, 6) is 1.08. The molecule has 0 aliphatic rings. The topological polar surface area (TPSA) is 50.1 Å². The molecule has 0 amide bonds. The second-order valence-electron chi connectivity index (χ2n) is 6.94. The third-order valence-corrected chi connectivity index (χ3v) is 5.26. The van der Waals surface area contributed by atoms with Crippen molar-refractivity contribution in [3.05, 3.63) is 53.6 Å². The van der Waals surface area contributed by atoms with E-state index in [4.69, 9.17) is 4.74 Å². The molecule has 3 nitrogen and oxygen atoms in total. The quantitative estimate of drug-likeness (QED) is 0.771. The molecule has 0 radical (unpaired) electrons. The summed E-state index contributed by atoms with van der Waals surface area (Å²) in [6.07, 6.45) is 0. The van der Waals surface area contributed by atoms with Crippen LogP contribution in [0.1, 0.15) is 45.7 Å². The van der Waals surface area contributed by atoms with E-state index in [2.05, 4.69) is 26.8 Å². The van der Waals surface area contributed by atoms with Crippen LogP contribution < -0.4 is 4.74 Å². The van der Waals surface area contributed by atoms with E-state index in [0.717, 1.165) is 5.56 Å². The molecule has 0 spiro atoms. The molecule has 0 N–H and O–H groups in total. The minimum atomic E-state index is -1.24. The fraction of sp³-hybridized carbons (Fsp3) is 0.350. The van der Waals surface area contributed by atoms with E-state index in [1.807, 2.05) is 38.1 Å². The van der Waals surface area contributed by atoms with Crippen LogP contribution in [0.5, 0.6) is 11.5 Å². The van der Waals surface area contributed by atoms with Gasteiger partial charge < -0.3 is 4.74 Å². The Morgan fingerprint density at radius 1 is 1.08 bits per heavy atom. The van der Waals surface area contributed by atoms with Gasteiger partial charge in [0.1, 0.15) is 11.8 Å². The van der Waals surface area contributed by atoms with Crippen molar-refractivity contribution in [2.45, 2.75) is 50.2 Å². The monoisotopic (exact) mass is 341 g/mol. The van der Waals surface area contributed by atoms with Crippen LogP contribution in [-0.2, 0) is 16.2 Å². The van der Waals surface area contributed by atoms with E-state index in [1.54, 1.807) is 18.2 Å². The van der Waals surface area contributed by atoms with Crippen molar-refractivity contribution in [2.75, 3.05) is 0 Å². The molecule has 0 aliphatic heterocycles. The van der Waals surface area contributed by atoms with Gasteiger partial charge in [0.05, 0.1) is 21.3 Å². The highest BCUT2D eigenvalue weighted by Gasteiger charge is 2.22. The second-order valence-corrected chi connectivity index (χ2v) is 8.92. The molecule has 0 aromatic heterocycles. The molecule has 24 heavy (non-hydrogen) atoms. The Morgan fingerprint density at radius 2 is 1.75 bits per heavy atom. The van der Waals surface area contributed by atoms with Crippen LogP contribution in [0.3, 0.4) is 0 Å². The van der Waals surface area contributed by atoms with E-state index in [-0.39, 0.29) is 10.7 Å². The number of benzene rings is 2. The fourth-order valence-electron chi connectivity index (χ4n) is 2.41. The maximum Gasteiger partial charge on any atom is 0.161 e. The maximum atomic E-state index is 12.6. The molecular weight excluding hydrogens is 318 g/mol. The normalized spacial score (nSPS) is 12.7. The van der Waals surface area contributed by atoms with Crippen molar-refractivity contribution in [1.29, 1.82) is 5.26 Å². The molecule has 0 heterocycles. The molecule has 0 saturated carbocycles. The highest BCUT2D eigenvalue weighted by atomic mass is 32.2. The average molecular weight is 341 g/mol. The van der Waals surface area contributed by atoms with Crippen molar-refractivity contribution in [1.82, 2.24) is 0 Å². The fourth-order valence-corrected chi connectivity index (χ4v) is 3.46. The Balaban J connectivity index is 2.59. The number of nitrogens with zero attached hydrogens (tertiary/aromatic N) is 1.